The van der Waals surface area contributed by atoms with E-state index in [2.05, 4.69) is 5.32 Å². The van der Waals surface area contributed by atoms with Crippen molar-refractivity contribution < 1.29 is 14.0 Å². The quantitative estimate of drug-likeness (QED) is 0.617. The minimum atomic E-state index is -0.300. The number of hydrogen-bond donors (Lipinski definition) is 1. The smallest absolute Gasteiger partial charge is 0.234 e. The number of rotatable bonds is 6. The maximum absolute atomic E-state index is 12.9. The number of para-hydroxylation sites is 1. The largest absolute Gasteiger partial charge is 0.450 e. The number of halogens is 1. The molecule has 0 bridgehead atoms. The average Bonchev–Trinajstić information content (AvgIpc) is 2.98. The van der Waals surface area contributed by atoms with Crippen molar-refractivity contribution in [2.24, 2.45) is 0 Å². The molecular weight excluding hydrogens is 358 g/mol. The van der Waals surface area contributed by atoms with Crippen LogP contribution in [0.2, 0.25) is 5.02 Å². The van der Waals surface area contributed by atoms with Crippen LogP contribution < -0.4 is 5.32 Å². The predicted molar refractivity (Wildman–Crippen MR) is 103 cm³/mol. The highest BCUT2D eigenvalue weighted by molar-refractivity contribution is 7.99. The molecule has 1 amide bonds. The molecule has 0 aliphatic carbocycles. The van der Waals surface area contributed by atoms with E-state index in [1.807, 2.05) is 25.1 Å². The molecule has 1 heterocycles. The minimum Gasteiger partial charge on any atom is -0.450 e. The van der Waals surface area contributed by atoms with Crippen LogP contribution in [0.15, 0.2) is 52.9 Å². The van der Waals surface area contributed by atoms with Gasteiger partial charge in [-0.05, 0) is 42.2 Å². The van der Waals surface area contributed by atoms with Crippen molar-refractivity contribution in [2.75, 3.05) is 16.8 Å². The van der Waals surface area contributed by atoms with Gasteiger partial charge in [0.25, 0.3) is 0 Å². The summed E-state index contributed by atoms with van der Waals surface area (Å²) in [6, 6.07) is 13.8. The third kappa shape index (κ3) is 3.89. The number of thioether (sulfide) groups is 1. The second-order valence-electron chi connectivity index (χ2n) is 5.32. The topological polar surface area (TPSA) is 59.3 Å². The zero-order chi connectivity index (χ0) is 17.8. The fraction of sp³-hybridized carbons (Fsp3) is 0.158. The van der Waals surface area contributed by atoms with Crippen LogP contribution in [0.4, 0.5) is 5.69 Å². The number of nitrogens with one attached hydrogen (secondary N) is 1. The van der Waals surface area contributed by atoms with Gasteiger partial charge in [-0.3, -0.25) is 9.59 Å². The lowest BCUT2D eigenvalue weighted by Gasteiger charge is -2.06. The number of hydrogen-bond acceptors (Lipinski definition) is 4. The van der Waals surface area contributed by atoms with E-state index in [0.29, 0.717) is 33.0 Å². The first-order valence-corrected chi connectivity index (χ1v) is 9.32. The molecule has 1 N–H and O–H groups in total. The van der Waals surface area contributed by atoms with Crippen molar-refractivity contribution in [1.82, 2.24) is 0 Å². The van der Waals surface area contributed by atoms with Gasteiger partial charge in [-0.2, -0.15) is 11.8 Å². The molecule has 128 valence electrons. The van der Waals surface area contributed by atoms with Crippen LogP contribution in [0.3, 0.4) is 0 Å². The Morgan fingerprint density at radius 1 is 1.12 bits per heavy atom. The highest BCUT2D eigenvalue weighted by Crippen LogP contribution is 2.32. The highest BCUT2D eigenvalue weighted by Gasteiger charge is 2.23. The van der Waals surface area contributed by atoms with Crippen LogP contribution in [-0.4, -0.2) is 23.2 Å². The summed E-state index contributed by atoms with van der Waals surface area (Å²) in [7, 11) is 0. The van der Waals surface area contributed by atoms with E-state index >= 15 is 0 Å². The van der Waals surface area contributed by atoms with Crippen LogP contribution in [0.1, 0.15) is 23.0 Å². The van der Waals surface area contributed by atoms with Crippen LogP contribution in [0.5, 0.6) is 0 Å². The molecule has 2 aromatic carbocycles. The normalized spacial score (nSPS) is 10.8. The number of ketones is 1. The number of fused-ring (bicyclic) bond motifs is 1. The van der Waals surface area contributed by atoms with E-state index in [9.17, 15) is 9.59 Å². The van der Waals surface area contributed by atoms with Gasteiger partial charge in [-0.15, -0.1) is 0 Å². The van der Waals surface area contributed by atoms with E-state index in [1.165, 1.54) is 11.8 Å². The van der Waals surface area contributed by atoms with Crippen molar-refractivity contribution in [3.8, 4) is 0 Å². The maximum Gasteiger partial charge on any atom is 0.234 e. The highest BCUT2D eigenvalue weighted by atomic mass is 35.5. The summed E-state index contributed by atoms with van der Waals surface area (Å²) >= 11 is 7.39. The molecule has 0 saturated heterocycles. The molecule has 25 heavy (non-hydrogen) atoms. The fourth-order valence-corrected chi connectivity index (χ4v) is 3.02. The monoisotopic (exact) mass is 373 g/mol. The number of carbonyl (C=O) groups is 2. The van der Waals surface area contributed by atoms with Crippen molar-refractivity contribution in [3.05, 3.63) is 64.9 Å². The van der Waals surface area contributed by atoms with Gasteiger partial charge in [0.05, 0.1) is 11.4 Å². The molecule has 0 aliphatic rings. The molecule has 0 spiro atoms. The van der Waals surface area contributed by atoms with E-state index < -0.39 is 0 Å². The molecule has 4 nitrogen and oxygen atoms in total. The van der Waals surface area contributed by atoms with Crippen molar-refractivity contribution in [1.29, 1.82) is 0 Å². The van der Waals surface area contributed by atoms with E-state index in [-0.39, 0.29) is 17.5 Å². The van der Waals surface area contributed by atoms with E-state index in [1.54, 1.807) is 30.3 Å². The molecule has 0 unspecified atom stereocenters. The molecule has 3 aromatic rings. The first-order chi connectivity index (χ1) is 12.1. The molecule has 0 atom stereocenters. The summed E-state index contributed by atoms with van der Waals surface area (Å²) in [5.41, 5.74) is 1.41. The van der Waals surface area contributed by atoms with Crippen molar-refractivity contribution in [3.63, 3.8) is 0 Å². The Hall–Kier alpha value is -2.24. The van der Waals surface area contributed by atoms with Gasteiger partial charge in [0.15, 0.2) is 5.76 Å². The Morgan fingerprint density at radius 2 is 1.84 bits per heavy atom. The SMILES string of the molecule is CCSCC(=O)Nc1c(C(=O)c2ccc(Cl)cc2)oc2ccccc12. The Labute approximate surface area is 154 Å². The summed E-state index contributed by atoms with van der Waals surface area (Å²) in [5.74, 6) is 0.828. The standard InChI is InChI=1S/C19H16ClNO3S/c1-2-25-11-16(22)21-17-14-5-3-4-6-15(14)24-19(17)18(23)12-7-9-13(20)10-8-12/h3-10H,2,11H2,1H3,(H,21,22). The molecule has 0 aliphatic heterocycles. The number of anilines is 1. The molecule has 0 radical (unpaired) electrons. The fourth-order valence-electron chi connectivity index (χ4n) is 2.43. The molecular formula is C19H16ClNO3S. The molecule has 3 rings (SSSR count). The van der Waals surface area contributed by atoms with Gasteiger partial charge in [0, 0.05) is 16.0 Å². The Bertz CT molecular complexity index is 918. The molecule has 6 heteroatoms. The van der Waals surface area contributed by atoms with Gasteiger partial charge >= 0.3 is 0 Å². The minimum absolute atomic E-state index is 0.123. The van der Waals surface area contributed by atoms with Crippen molar-refractivity contribution >= 4 is 51.7 Å². The average molecular weight is 374 g/mol. The third-order valence-electron chi connectivity index (χ3n) is 3.61. The Kier molecular flexibility index (Phi) is 5.46. The van der Waals surface area contributed by atoms with Gasteiger partial charge in [-0.25, -0.2) is 0 Å². The zero-order valence-electron chi connectivity index (χ0n) is 13.5. The second kappa shape index (κ2) is 7.76. The first kappa shape index (κ1) is 17.6. The number of amides is 1. The zero-order valence-corrected chi connectivity index (χ0v) is 15.1. The van der Waals surface area contributed by atoms with E-state index in [4.69, 9.17) is 16.0 Å². The van der Waals surface area contributed by atoms with Crippen LogP contribution >= 0.6 is 23.4 Å². The lowest BCUT2D eigenvalue weighted by molar-refractivity contribution is -0.113. The van der Waals surface area contributed by atoms with Gasteiger partial charge in [0.1, 0.15) is 5.58 Å². The van der Waals surface area contributed by atoms with Crippen LogP contribution in [0.25, 0.3) is 11.0 Å². The summed E-state index contributed by atoms with van der Waals surface area (Å²) in [6.07, 6.45) is 0. The van der Waals surface area contributed by atoms with Gasteiger partial charge in [0.2, 0.25) is 11.7 Å². The Morgan fingerprint density at radius 3 is 2.56 bits per heavy atom. The lowest BCUT2D eigenvalue weighted by Crippen LogP contribution is -2.16. The van der Waals surface area contributed by atoms with Crippen LogP contribution in [-0.2, 0) is 4.79 Å². The van der Waals surface area contributed by atoms with Gasteiger partial charge < -0.3 is 9.73 Å². The Balaban J connectivity index is 2.01. The van der Waals surface area contributed by atoms with Gasteiger partial charge in [-0.1, -0.05) is 30.7 Å². The summed E-state index contributed by atoms with van der Waals surface area (Å²) in [4.78, 5) is 25.0. The van der Waals surface area contributed by atoms with Crippen molar-refractivity contribution in [2.45, 2.75) is 6.92 Å². The van der Waals surface area contributed by atoms with E-state index in [0.717, 1.165) is 5.75 Å². The summed E-state index contributed by atoms with van der Waals surface area (Å²) in [6.45, 7) is 1.99. The lowest BCUT2D eigenvalue weighted by atomic mass is 10.1. The second-order valence-corrected chi connectivity index (χ2v) is 7.03. The molecule has 1 aromatic heterocycles. The number of carbonyl (C=O) groups excluding carboxylic acids is 2. The summed E-state index contributed by atoms with van der Waals surface area (Å²) in [5, 5.41) is 4.08. The molecule has 0 saturated carbocycles. The molecule has 0 fully saturated rings. The first-order valence-electron chi connectivity index (χ1n) is 7.79. The van der Waals surface area contributed by atoms with Crippen LogP contribution in [0, 0.1) is 0 Å². The number of benzene rings is 2. The third-order valence-corrected chi connectivity index (χ3v) is 4.74. The predicted octanol–water partition coefficient (Wildman–Crippen LogP) is 5.01. The maximum atomic E-state index is 12.9. The number of furan rings is 1. The summed E-state index contributed by atoms with van der Waals surface area (Å²) < 4.78 is 5.75.